The summed E-state index contributed by atoms with van der Waals surface area (Å²) in [5.41, 5.74) is 12.8. The van der Waals surface area contributed by atoms with Crippen molar-refractivity contribution in [2.24, 2.45) is 0 Å². The zero-order valence-electron chi connectivity index (χ0n) is 35.0. The average molecular weight is 813 g/mol. The van der Waals surface area contributed by atoms with Gasteiger partial charge in [0.05, 0.1) is 27.6 Å². The summed E-state index contributed by atoms with van der Waals surface area (Å²) in [6.07, 6.45) is 0. The van der Waals surface area contributed by atoms with Crippen LogP contribution in [0.25, 0.3) is 112 Å². The predicted octanol–water partition coefficient (Wildman–Crippen LogP) is 14.2. The first-order valence-corrected chi connectivity index (χ1v) is 21.3. The van der Waals surface area contributed by atoms with Crippen molar-refractivity contribution in [3.8, 4) is 57.0 Å². The number of rotatable bonds is 6. The van der Waals surface area contributed by atoms with Crippen LogP contribution in [-0.2, 0) is 5.41 Å². The van der Waals surface area contributed by atoms with Crippen LogP contribution in [0.3, 0.4) is 0 Å². The number of fused-ring (bicyclic) bond motifs is 8. The summed E-state index contributed by atoms with van der Waals surface area (Å²) in [6.45, 7) is 6.72. The van der Waals surface area contributed by atoms with Gasteiger partial charge in [0, 0.05) is 38.4 Å². The van der Waals surface area contributed by atoms with Gasteiger partial charge >= 0.3 is 0 Å². The van der Waals surface area contributed by atoms with E-state index in [1.165, 1.54) is 10.9 Å². The molecule has 0 fully saturated rings. The minimum absolute atomic E-state index is 0.0793. The Bertz CT molecular complexity index is 3690. The molecule has 0 aliphatic carbocycles. The summed E-state index contributed by atoms with van der Waals surface area (Å²) in [5.74, 6) is 2.07. The highest BCUT2D eigenvalue weighted by molar-refractivity contribution is 6.23. The standard InChI is InChI=1S/C56H40N6O/c1-56(2,3)39-31-29-36(30-32-39)35-25-27-37(28-26-35)52-58-53(45-21-14-22-46-51(45)63-54(57-46)38-15-6-4-7-16-38)60-55(59-52)62-48-24-13-11-20-42(48)44-34-33-43-41-19-10-12-23-47(41)61(49(43)50(44)62)40-17-8-5-9-18-40/h4-34H,1-3H3. The molecule has 4 aromatic heterocycles. The van der Waals surface area contributed by atoms with Gasteiger partial charge in [-0.25, -0.2) is 9.97 Å². The van der Waals surface area contributed by atoms with Gasteiger partial charge in [0.1, 0.15) is 5.52 Å². The molecule has 4 heterocycles. The highest BCUT2D eigenvalue weighted by Gasteiger charge is 2.24. The van der Waals surface area contributed by atoms with Crippen LogP contribution in [0.2, 0.25) is 0 Å². The molecule has 0 aliphatic rings. The summed E-state index contributed by atoms with van der Waals surface area (Å²) < 4.78 is 11.2. The number of nitrogens with zero attached hydrogens (tertiary/aromatic N) is 6. The van der Waals surface area contributed by atoms with Crippen molar-refractivity contribution in [3.05, 3.63) is 194 Å². The van der Waals surface area contributed by atoms with Crippen molar-refractivity contribution in [3.63, 3.8) is 0 Å². The van der Waals surface area contributed by atoms with E-state index in [1.54, 1.807) is 0 Å². The molecule has 0 spiro atoms. The van der Waals surface area contributed by atoms with Crippen LogP contribution in [0, 0.1) is 0 Å². The third kappa shape index (κ3) is 6.03. The predicted molar refractivity (Wildman–Crippen MR) is 257 cm³/mol. The second kappa shape index (κ2) is 14.2. The molecule has 0 radical (unpaired) electrons. The number of oxazole rings is 1. The fourth-order valence-electron chi connectivity index (χ4n) is 9.07. The van der Waals surface area contributed by atoms with Crippen molar-refractivity contribution in [2.45, 2.75) is 26.2 Å². The molecule has 7 heteroatoms. The van der Waals surface area contributed by atoms with E-state index in [1.807, 2.05) is 48.5 Å². The van der Waals surface area contributed by atoms with E-state index < -0.39 is 0 Å². The lowest BCUT2D eigenvalue weighted by molar-refractivity contribution is 0.590. The molecule has 8 aromatic carbocycles. The number of benzene rings is 8. The highest BCUT2D eigenvalue weighted by Crippen LogP contribution is 2.42. The summed E-state index contributed by atoms with van der Waals surface area (Å²) in [5, 5.41) is 4.53. The molecular formula is C56H40N6O. The smallest absolute Gasteiger partial charge is 0.238 e. The maximum atomic E-state index is 6.58. The molecular weight excluding hydrogens is 773 g/mol. The average Bonchev–Trinajstić information content (AvgIpc) is 4.03. The second-order valence-electron chi connectivity index (χ2n) is 17.1. The summed E-state index contributed by atoms with van der Waals surface area (Å²) >= 11 is 0. The molecule has 0 unspecified atom stereocenters. The Hall–Kier alpha value is -8.16. The van der Waals surface area contributed by atoms with Crippen LogP contribution in [0.1, 0.15) is 26.3 Å². The normalized spacial score (nSPS) is 12.0. The SMILES string of the molecule is CC(C)(C)c1ccc(-c2ccc(-c3nc(-c4cccc5nc(-c6ccccc6)oc45)nc(-n4c5ccccc5c5ccc6c7ccccc7n(-c7ccccc7)c6c54)n3)cc2)cc1. The first-order valence-electron chi connectivity index (χ1n) is 21.3. The monoisotopic (exact) mass is 812 g/mol. The van der Waals surface area contributed by atoms with Gasteiger partial charge in [-0.2, -0.15) is 9.97 Å². The Morgan fingerprint density at radius 3 is 1.63 bits per heavy atom. The van der Waals surface area contributed by atoms with Gasteiger partial charge in [-0.1, -0.05) is 160 Å². The Labute approximate surface area is 363 Å². The van der Waals surface area contributed by atoms with Gasteiger partial charge in [-0.15, -0.1) is 0 Å². The van der Waals surface area contributed by atoms with E-state index in [-0.39, 0.29) is 5.41 Å². The van der Waals surface area contributed by atoms with Crippen LogP contribution >= 0.6 is 0 Å². The lowest BCUT2D eigenvalue weighted by atomic mass is 9.86. The topological polar surface area (TPSA) is 74.6 Å². The Morgan fingerprint density at radius 1 is 0.413 bits per heavy atom. The maximum absolute atomic E-state index is 6.58. The second-order valence-corrected chi connectivity index (χ2v) is 17.1. The molecule has 7 nitrogen and oxygen atoms in total. The number of para-hydroxylation sites is 4. The quantitative estimate of drug-likeness (QED) is 0.167. The fourth-order valence-corrected chi connectivity index (χ4v) is 9.07. The van der Waals surface area contributed by atoms with Gasteiger partial charge in [0.15, 0.2) is 17.2 Å². The van der Waals surface area contributed by atoms with E-state index in [4.69, 9.17) is 24.4 Å². The Kier molecular flexibility index (Phi) is 8.27. The van der Waals surface area contributed by atoms with Gasteiger partial charge in [-0.05, 0) is 70.6 Å². The Morgan fingerprint density at radius 2 is 0.968 bits per heavy atom. The number of hydrogen-bond donors (Lipinski definition) is 0. The van der Waals surface area contributed by atoms with Crippen molar-refractivity contribution in [1.29, 1.82) is 0 Å². The minimum Gasteiger partial charge on any atom is -0.435 e. The maximum Gasteiger partial charge on any atom is 0.238 e. The third-order valence-electron chi connectivity index (χ3n) is 12.2. The third-order valence-corrected chi connectivity index (χ3v) is 12.2. The van der Waals surface area contributed by atoms with Gasteiger partial charge < -0.3 is 8.98 Å². The molecule has 0 N–H and O–H groups in total. The van der Waals surface area contributed by atoms with Crippen LogP contribution in [0.5, 0.6) is 0 Å². The molecule has 12 aromatic rings. The zero-order valence-corrected chi connectivity index (χ0v) is 35.0. The molecule has 0 saturated heterocycles. The zero-order chi connectivity index (χ0) is 42.2. The summed E-state index contributed by atoms with van der Waals surface area (Å²) in [7, 11) is 0. The molecule has 0 amide bonds. The van der Waals surface area contributed by atoms with E-state index in [2.05, 4.69) is 169 Å². The van der Waals surface area contributed by atoms with Crippen LogP contribution in [0.4, 0.5) is 0 Å². The largest absolute Gasteiger partial charge is 0.435 e. The highest BCUT2D eigenvalue weighted by atomic mass is 16.3. The molecule has 0 saturated carbocycles. The van der Waals surface area contributed by atoms with Crippen LogP contribution < -0.4 is 0 Å². The van der Waals surface area contributed by atoms with E-state index in [0.29, 0.717) is 29.1 Å². The van der Waals surface area contributed by atoms with E-state index >= 15 is 0 Å². The number of hydrogen-bond acceptors (Lipinski definition) is 5. The molecule has 12 rings (SSSR count). The van der Waals surface area contributed by atoms with Crippen LogP contribution in [-0.4, -0.2) is 29.1 Å². The van der Waals surface area contributed by atoms with Gasteiger partial charge in [0.25, 0.3) is 0 Å². The molecule has 0 aliphatic heterocycles. The first kappa shape index (κ1) is 36.7. The fraction of sp³-hybridized carbons (Fsp3) is 0.0714. The molecule has 0 bridgehead atoms. The summed E-state index contributed by atoms with van der Waals surface area (Å²) in [6, 6.07) is 65.5. The van der Waals surface area contributed by atoms with Crippen molar-refractivity contribution in [1.82, 2.24) is 29.1 Å². The first-order chi connectivity index (χ1) is 30.9. The molecule has 300 valence electrons. The lowest BCUT2D eigenvalue weighted by Gasteiger charge is -2.19. The number of aromatic nitrogens is 6. The summed E-state index contributed by atoms with van der Waals surface area (Å²) in [4.78, 5) is 21.0. The van der Waals surface area contributed by atoms with E-state index in [9.17, 15) is 0 Å². The van der Waals surface area contributed by atoms with Gasteiger partial charge in [0.2, 0.25) is 11.8 Å². The van der Waals surface area contributed by atoms with Crippen molar-refractivity contribution >= 4 is 54.7 Å². The van der Waals surface area contributed by atoms with E-state index in [0.717, 1.165) is 77.2 Å². The van der Waals surface area contributed by atoms with Crippen molar-refractivity contribution in [2.75, 3.05) is 0 Å². The molecule has 63 heavy (non-hydrogen) atoms. The van der Waals surface area contributed by atoms with Crippen LogP contribution in [0.15, 0.2) is 192 Å². The Balaban J connectivity index is 1.13. The minimum atomic E-state index is 0.0793. The van der Waals surface area contributed by atoms with Crippen molar-refractivity contribution < 1.29 is 4.42 Å². The van der Waals surface area contributed by atoms with Gasteiger partial charge in [-0.3, -0.25) is 4.57 Å². The molecule has 0 atom stereocenters. The lowest BCUT2D eigenvalue weighted by Crippen LogP contribution is -2.10.